The van der Waals surface area contributed by atoms with Gasteiger partial charge in [0, 0.05) is 34.4 Å². The number of carbonyl (C=O) groups excluding carboxylic acids is 2. The van der Waals surface area contributed by atoms with E-state index >= 15 is 0 Å². The highest BCUT2D eigenvalue weighted by molar-refractivity contribution is 6.11. The lowest BCUT2D eigenvalue weighted by Crippen LogP contribution is -2.31. The van der Waals surface area contributed by atoms with Gasteiger partial charge in [-0.15, -0.1) is 0 Å². The summed E-state index contributed by atoms with van der Waals surface area (Å²) in [6.45, 7) is 8.85. The molecule has 0 N–H and O–H groups in total. The monoisotopic (exact) mass is 790 g/mol. The summed E-state index contributed by atoms with van der Waals surface area (Å²) in [5.74, 6) is 2.22. The third kappa shape index (κ3) is 14.0. The molecule has 0 radical (unpaired) electrons. The van der Waals surface area contributed by atoms with E-state index < -0.39 is 12.2 Å². The van der Waals surface area contributed by atoms with Crippen LogP contribution in [0.2, 0.25) is 0 Å². The second-order valence-electron chi connectivity index (χ2n) is 15.2. The Morgan fingerprint density at radius 1 is 0.448 bits per heavy atom. The maximum Gasteiger partial charge on any atom is 0.306 e. The van der Waals surface area contributed by atoms with Gasteiger partial charge < -0.3 is 28.4 Å². The average molecular weight is 791 g/mol. The van der Waals surface area contributed by atoms with Gasteiger partial charge in [0.15, 0.2) is 12.2 Å². The van der Waals surface area contributed by atoms with E-state index in [0.717, 1.165) is 96.9 Å². The summed E-state index contributed by atoms with van der Waals surface area (Å²) >= 11 is 0. The van der Waals surface area contributed by atoms with Gasteiger partial charge in [0.05, 0.1) is 0 Å². The number of aryl methyl sites for hydroxylation is 2. The SMILES string of the molecule is CCCCCCCC(=O)OC(COc1cccc(C)c1)COc1c2ccccc2c(OCC(COc2cccc(C)c2)OC(=O)CCCCCCC)c2ccccc12. The lowest BCUT2D eigenvalue weighted by atomic mass is 10.0. The van der Waals surface area contributed by atoms with E-state index in [0.29, 0.717) is 35.8 Å². The van der Waals surface area contributed by atoms with Crippen LogP contribution < -0.4 is 18.9 Å². The van der Waals surface area contributed by atoms with E-state index in [1.54, 1.807) is 0 Å². The first kappa shape index (κ1) is 43.9. The van der Waals surface area contributed by atoms with Gasteiger partial charge in [-0.05, 0) is 62.1 Å². The molecule has 2 atom stereocenters. The first-order valence-electron chi connectivity index (χ1n) is 21.3. The molecule has 0 aliphatic heterocycles. The highest BCUT2D eigenvalue weighted by Crippen LogP contribution is 2.43. The molecule has 8 nitrogen and oxygen atoms in total. The molecule has 0 aliphatic carbocycles. The van der Waals surface area contributed by atoms with Crippen LogP contribution in [0.5, 0.6) is 23.0 Å². The average Bonchev–Trinajstić information content (AvgIpc) is 3.22. The van der Waals surface area contributed by atoms with Crippen LogP contribution >= 0.6 is 0 Å². The van der Waals surface area contributed by atoms with Crippen LogP contribution in [0.15, 0.2) is 97.1 Å². The van der Waals surface area contributed by atoms with Crippen LogP contribution in [0.3, 0.4) is 0 Å². The van der Waals surface area contributed by atoms with Crippen molar-refractivity contribution in [3.8, 4) is 23.0 Å². The Bertz CT molecular complexity index is 1820. The molecule has 58 heavy (non-hydrogen) atoms. The maximum atomic E-state index is 13.1. The van der Waals surface area contributed by atoms with Crippen molar-refractivity contribution in [2.45, 2.75) is 117 Å². The predicted octanol–water partition coefficient (Wildman–Crippen LogP) is 12.1. The first-order valence-corrected chi connectivity index (χ1v) is 21.3. The molecular formula is C50H62O8. The van der Waals surface area contributed by atoms with Gasteiger partial charge in [-0.3, -0.25) is 9.59 Å². The second kappa shape index (κ2) is 23.9. The van der Waals surface area contributed by atoms with E-state index in [2.05, 4.69) is 13.8 Å². The van der Waals surface area contributed by atoms with Crippen LogP contribution in [-0.2, 0) is 19.1 Å². The maximum absolute atomic E-state index is 13.1. The van der Waals surface area contributed by atoms with Gasteiger partial charge in [0.2, 0.25) is 0 Å². The molecule has 0 spiro atoms. The molecule has 0 heterocycles. The minimum atomic E-state index is -0.646. The molecule has 5 rings (SSSR count). The van der Waals surface area contributed by atoms with Crippen LogP contribution in [0.4, 0.5) is 0 Å². The molecule has 2 unspecified atom stereocenters. The highest BCUT2D eigenvalue weighted by Gasteiger charge is 2.23. The molecule has 5 aromatic rings. The van der Waals surface area contributed by atoms with E-state index in [-0.39, 0.29) is 38.4 Å². The number of esters is 2. The largest absolute Gasteiger partial charge is 0.490 e. The lowest BCUT2D eigenvalue weighted by Gasteiger charge is -2.23. The number of hydrogen-bond donors (Lipinski definition) is 0. The van der Waals surface area contributed by atoms with Crippen molar-refractivity contribution < 1.29 is 38.0 Å². The number of hydrogen-bond acceptors (Lipinski definition) is 8. The highest BCUT2D eigenvalue weighted by atomic mass is 16.6. The number of rotatable bonds is 26. The third-order valence-electron chi connectivity index (χ3n) is 10.1. The second-order valence-corrected chi connectivity index (χ2v) is 15.2. The van der Waals surface area contributed by atoms with Gasteiger partial charge in [-0.1, -0.05) is 138 Å². The fourth-order valence-electron chi connectivity index (χ4n) is 6.97. The molecule has 0 aliphatic rings. The van der Waals surface area contributed by atoms with Gasteiger partial charge in [0.1, 0.15) is 49.4 Å². The number of carbonyl (C=O) groups is 2. The van der Waals surface area contributed by atoms with Crippen LogP contribution in [0.25, 0.3) is 21.5 Å². The molecule has 310 valence electrons. The summed E-state index contributed by atoms with van der Waals surface area (Å²) in [7, 11) is 0. The number of ether oxygens (including phenoxy) is 6. The van der Waals surface area contributed by atoms with Crippen molar-refractivity contribution in [3.63, 3.8) is 0 Å². The molecular weight excluding hydrogens is 729 g/mol. The summed E-state index contributed by atoms with van der Waals surface area (Å²) in [6.07, 6.45) is 9.84. The Morgan fingerprint density at radius 3 is 1.17 bits per heavy atom. The minimum Gasteiger partial charge on any atom is -0.490 e. The summed E-state index contributed by atoms with van der Waals surface area (Å²) < 4.78 is 37.6. The van der Waals surface area contributed by atoms with E-state index in [1.165, 1.54) is 0 Å². The Kier molecular flexibility index (Phi) is 18.1. The summed E-state index contributed by atoms with van der Waals surface area (Å²) in [5.41, 5.74) is 2.16. The fraction of sp³-hybridized carbons (Fsp3) is 0.440. The molecule has 0 bridgehead atoms. The van der Waals surface area contributed by atoms with Crippen molar-refractivity contribution in [2.75, 3.05) is 26.4 Å². The van der Waals surface area contributed by atoms with E-state index in [1.807, 2.05) is 111 Å². The van der Waals surface area contributed by atoms with Crippen molar-refractivity contribution in [1.82, 2.24) is 0 Å². The molecule has 5 aromatic carbocycles. The summed E-state index contributed by atoms with van der Waals surface area (Å²) in [5, 5.41) is 3.36. The Labute approximate surface area is 345 Å². The molecule has 0 saturated heterocycles. The van der Waals surface area contributed by atoms with Crippen molar-refractivity contribution in [3.05, 3.63) is 108 Å². The zero-order valence-electron chi connectivity index (χ0n) is 35.0. The van der Waals surface area contributed by atoms with Gasteiger partial charge in [-0.2, -0.15) is 0 Å². The normalized spacial score (nSPS) is 12.2. The summed E-state index contributed by atoms with van der Waals surface area (Å²) in [4.78, 5) is 26.1. The van der Waals surface area contributed by atoms with Gasteiger partial charge >= 0.3 is 11.9 Å². The molecule has 8 heteroatoms. The zero-order chi connectivity index (χ0) is 41.0. The van der Waals surface area contributed by atoms with Gasteiger partial charge in [-0.25, -0.2) is 0 Å². The Balaban J connectivity index is 1.36. The minimum absolute atomic E-state index is 0.0916. The van der Waals surface area contributed by atoms with Crippen LogP contribution in [0, 0.1) is 13.8 Å². The zero-order valence-corrected chi connectivity index (χ0v) is 35.0. The van der Waals surface area contributed by atoms with Crippen LogP contribution in [0.1, 0.15) is 102 Å². The topological polar surface area (TPSA) is 89.5 Å². The number of fused-ring (bicyclic) bond motifs is 2. The van der Waals surface area contributed by atoms with Crippen molar-refractivity contribution in [1.29, 1.82) is 0 Å². The van der Waals surface area contributed by atoms with Crippen molar-refractivity contribution >= 4 is 33.5 Å². The van der Waals surface area contributed by atoms with E-state index in [9.17, 15) is 9.59 Å². The van der Waals surface area contributed by atoms with Gasteiger partial charge in [0.25, 0.3) is 0 Å². The third-order valence-corrected chi connectivity index (χ3v) is 10.1. The first-order chi connectivity index (χ1) is 28.3. The predicted molar refractivity (Wildman–Crippen MR) is 232 cm³/mol. The Hall–Kier alpha value is -5.24. The standard InChI is InChI=1S/C50H62O8/c1-5-7-9-11-13-29-47(51)57-41(33-53-39-23-19-21-37(3)31-39)35-55-49-43-25-15-17-27-45(43)50(46-28-18-16-26-44(46)49)56-36-42(34-54-40-24-20-22-38(4)32-40)58-48(52)30-14-12-10-8-6-2/h15-28,31-32,41-42H,5-14,29-30,33-36H2,1-4H3. The molecule has 0 saturated carbocycles. The smallest absolute Gasteiger partial charge is 0.306 e. The number of unbranched alkanes of at least 4 members (excludes halogenated alkanes) is 8. The van der Waals surface area contributed by atoms with Crippen molar-refractivity contribution in [2.24, 2.45) is 0 Å². The Morgan fingerprint density at radius 2 is 0.810 bits per heavy atom. The summed E-state index contributed by atoms with van der Waals surface area (Å²) in [6, 6.07) is 31.5. The fourth-order valence-corrected chi connectivity index (χ4v) is 6.97. The van der Waals surface area contributed by atoms with E-state index in [4.69, 9.17) is 28.4 Å². The van der Waals surface area contributed by atoms with Crippen LogP contribution in [-0.4, -0.2) is 50.6 Å². The molecule has 0 fully saturated rings. The quantitative estimate of drug-likeness (QED) is 0.0311. The number of benzene rings is 5. The lowest BCUT2D eigenvalue weighted by molar-refractivity contribution is -0.153. The molecule has 0 aromatic heterocycles. The molecule has 0 amide bonds.